The van der Waals surface area contributed by atoms with Gasteiger partial charge in [-0.25, -0.2) is 13.8 Å². The number of nitrogens with zero attached hydrogens (tertiary/aromatic N) is 1. The second kappa shape index (κ2) is 8.63. The van der Waals surface area contributed by atoms with Crippen LogP contribution >= 0.6 is 11.8 Å². The zero-order chi connectivity index (χ0) is 19.2. The van der Waals surface area contributed by atoms with Crippen molar-refractivity contribution < 1.29 is 13.3 Å². The van der Waals surface area contributed by atoms with E-state index < -0.39 is 19.8 Å². The molecule has 0 saturated heterocycles. The monoisotopic (exact) mass is 395 g/mol. The van der Waals surface area contributed by atoms with Gasteiger partial charge in [0.15, 0.2) is 0 Å². The third kappa shape index (κ3) is 5.04. The molecule has 9 heteroatoms. The van der Waals surface area contributed by atoms with Crippen molar-refractivity contribution >= 4 is 27.5 Å². The predicted molar refractivity (Wildman–Crippen MR) is 102 cm³/mol. The lowest BCUT2D eigenvalue weighted by Crippen LogP contribution is -2.51. The summed E-state index contributed by atoms with van der Waals surface area (Å²) in [6.07, 6.45) is 1.33. The number of non-ortho nitro benzene ring substituents is 1. The topological polar surface area (TPSA) is 101 Å². The molecule has 140 valence electrons. The van der Waals surface area contributed by atoms with Crippen LogP contribution in [-0.4, -0.2) is 18.2 Å². The number of nitrogens with one attached hydrogen (secondary N) is 2. The first kappa shape index (κ1) is 20.4. The van der Waals surface area contributed by atoms with Gasteiger partial charge in [-0.3, -0.25) is 10.1 Å². The molecule has 0 unspecified atom stereocenters. The van der Waals surface area contributed by atoms with Gasteiger partial charge in [-0.2, -0.15) is 0 Å². The van der Waals surface area contributed by atoms with Crippen molar-refractivity contribution in [2.24, 2.45) is 0 Å². The summed E-state index contributed by atoms with van der Waals surface area (Å²) in [5.74, 6) is 0. The van der Waals surface area contributed by atoms with E-state index in [1.54, 1.807) is 0 Å². The molecule has 0 bridgehead atoms. The van der Waals surface area contributed by atoms with Crippen LogP contribution in [0, 0.1) is 10.1 Å². The molecule has 2 aromatic rings. The molecular formula is C17H21N3O4S2. The predicted octanol–water partition coefficient (Wildman–Crippen LogP) is 3.69. The Bertz CT molecular complexity index is 853. The number of hydrogen-bond acceptors (Lipinski definition) is 6. The fraction of sp³-hybridized carbons (Fsp3) is 0.294. The summed E-state index contributed by atoms with van der Waals surface area (Å²) in [4.78, 5) is 12.9. The van der Waals surface area contributed by atoms with Gasteiger partial charge in [0.25, 0.3) is 15.7 Å². The maximum Gasteiger partial charge on any atom is 0.270 e. The van der Waals surface area contributed by atoms with E-state index in [9.17, 15) is 18.5 Å². The van der Waals surface area contributed by atoms with Crippen LogP contribution in [0.2, 0.25) is 0 Å². The van der Waals surface area contributed by atoms with Crippen molar-refractivity contribution in [1.29, 1.82) is 0 Å². The zero-order valence-corrected chi connectivity index (χ0v) is 16.1. The molecule has 0 aromatic heterocycles. The molecule has 0 radical (unpaired) electrons. The van der Waals surface area contributed by atoms with Crippen LogP contribution in [0.15, 0.2) is 64.4 Å². The summed E-state index contributed by atoms with van der Waals surface area (Å²) < 4.78 is 25.1. The molecule has 0 heterocycles. The van der Waals surface area contributed by atoms with Crippen LogP contribution in [0.3, 0.4) is 0 Å². The van der Waals surface area contributed by atoms with Gasteiger partial charge >= 0.3 is 0 Å². The maximum atomic E-state index is 12.5. The summed E-state index contributed by atoms with van der Waals surface area (Å²) in [6, 6.07) is 14.6. The summed E-state index contributed by atoms with van der Waals surface area (Å²) in [7, 11) is -3.94. The largest absolute Gasteiger partial charge is 0.270 e. The Morgan fingerprint density at radius 1 is 1.08 bits per heavy atom. The standard InChI is InChI=1S/C17H21N3O4S2/c1-3-17(4-2,25-15-10-6-5-7-11-15)18-19-26(23,24)16-12-8-9-14(13-16)20(21)22/h5-13,18-19H,3-4H2,1-2H3. The molecule has 0 amide bonds. The molecule has 0 saturated carbocycles. The quantitative estimate of drug-likeness (QED) is 0.291. The highest BCUT2D eigenvalue weighted by atomic mass is 32.2. The van der Waals surface area contributed by atoms with Gasteiger partial charge < -0.3 is 0 Å². The smallest absolute Gasteiger partial charge is 0.258 e. The molecule has 0 atom stereocenters. The van der Waals surface area contributed by atoms with E-state index >= 15 is 0 Å². The van der Waals surface area contributed by atoms with Crippen LogP contribution in [0.25, 0.3) is 0 Å². The molecule has 0 aliphatic rings. The minimum atomic E-state index is -3.94. The summed E-state index contributed by atoms with van der Waals surface area (Å²) in [5.41, 5.74) is 2.65. The first-order valence-corrected chi connectivity index (χ1v) is 10.4. The molecular weight excluding hydrogens is 374 g/mol. The summed E-state index contributed by atoms with van der Waals surface area (Å²) in [5, 5.41) is 10.9. The molecule has 2 N–H and O–H groups in total. The average Bonchev–Trinajstić information content (AvgIpc) is 2.66. The molecule has 26 heavy (non-hydrogen) atoms. The lowest BCUT2D eigenvalue weighted by atomic mass is 10.2. The molecule has 0 aliphatic carbocycles. The van der Waals surface area contributed by atoms with Crippen LogP contribution < -0.4 is 10.3 Å². The lowest BCUT2D eigenvalue weighted by Gasteiger charge is -2.32. The third-order valence-electron chi connectivity index (χ3n) is 3.95. The highest BCUT2D eigenvalue weighted by molar-refractivity contribution is 8.00. The van der Waals surface area contributed by atoms with Crippen LogP contribution in [0.1, 0.15) is 26.7 Å². The normalized spacial score (nSPS) is 12.1. The second-order valence-corrected chi connectivity index (χ2v) is 8.74. The average molecular weight is 396 g/mol. The van der Waals surface area contributed by atoms with Gasteiger partial charge in [0.2, 0.25) is 0 Å². The zero-order valence-electron chi connectivity index (χ0n) is 14.5. The fourth-order valence-electron chi connectivity index (χ4n) is 2.29. The molecule has 0 fully saturated rings. The van der Waals surface area contributed by atoms with E-state index in [-0.39, 0.29) is 10.6 Å². The number of thioether (sulfide) groups is 1. The Balaban J connectivity index is 2.19. The molecule has 0 spiro atoms. The second-order valence-electron chi connectivity index (χ2n) is 5.60. The van der Waals surface area contributed by atoms with Crippen molar-refractivity contribution in [2.45, 2.75) is 41.4 Å². The van der Waals surface area contributed by atoms with E-state index in [0.717, 1.165) is 11.0 Å². The van der Waals surface area contributed by atoms with Gasteiger partial charge in [-0.15, -0.1) is 16.6 Å². The Hall–Kier alpha value is -1.94. The Labute approximate surface area is 157 Å². The van der Waals surface area contributed by atoms with E-state index in [4.69, 9.17) is 0 Å². The van der Waals surface area contributed by atoms with E-state index in [2.05, 4.69) is 10.3 Å². The highest BCUT2D eigenvalue weighted by Gasteiger charge is 2.29. The van der Waals surface area contributed by atoms with E-state index in [1.165, 1.54) is 30.0 Å². The Morgan fingerprint density at radius 2 is 1.73 bits per heavy atom. The Morgan fingerprint density at radius 3 is 2.31 bits per heavy atom. The molecule has 0 aliphatic heterocycles. The van der Waals surface area contributed by atoms with Crippen molar-refractivity contribution in [2.75, 3.05) is 0 Å². The number of benzene rings is 2. The van der Waals surface area contributed by atoms with Gasteiger partial charge in [0.1, 0.15) is 0 Å². The van der Waals surface area contributed by atoms with Crippen LogP contribution in [0.5, 0.6) is 0 Å². The number of nitro benzene ring substituents is 1. The SMILES string of the molecule is CCC(CC)(NNS(=O)(=O)c1cccc([N+](=O)[O-])c1)Sc1ccccc1. The summed E-state index contributed by atoms with van der Waals surface area (Å²) >= 11 is 1.53. The third-order valence-corrected chi connectivity index (χ3v) is 6.77. The number of hydrazine groups is 1. The van der Waals surface area contributed by atoms with Gasteiger partial charge in [0, 0.05) is 17.0 Å². The van der Waals surface area contributed by atoms with Crippen LogP contribution in [0.4, 0.5) is 5.69 Å². The van der Waals surface area contributed by atoms with Gasteiger partial charge in [-0.1, -0.05) is 38.1 Å². The minimum absolute atomic E-state index is 0.162. The van der Waals surface area contributed by atoms with E-state index in [1.807, 2.05) is 44.2 Å². The van der Waals surface area contributed by atoms with Crippen molar-refractivity contribution in [3.05, 3.63) is 64.7 Å². The van der Waals surface area contributed by atoms with Crippen molar-refractivity contribution in [3.63, 3.8) is 0 Å². The van der Waals surface area contributed by atoms with Crippen LogP contribution in [-0.2, 0) is 10.0 Å². The van der Waals surface area contributed by atoms with Gasteiger partial charge in [0.05, 0.1) is 14.7 Å². The number of nitro groups is 1. The molecule has 2 rings (SSSR count). The Kier molecular flexibility index (Phi) is 6.76. The highest BCUT2D eigenvalue weighted by Crippen LogP contribution is 2.35. The van der Waals surface area contributed by atoms with E-state index in [0.29, 0.717) is 12.8 Å². The number of hydrogen-bond donors (Lipinski definition) is 2. The minimum Gasteiger partial charge on any atom is -0.258 e. The molecule has 7 nitrogen and oxygen atoms in total. The first-order chi connectivity index (χ1) is 12.3. The summed E-state index contributed by atoms with van der Waals surface area (Å²) in [6.45, 7) is 3.93. The first-order valence-electron chi connectivity index (χ1n) is 8.09. The number of rotatable bonds is 9. The fourth-order valence-corrected chi connectivity index (χ4v) is 4.48. The molecule has 2 aromatic carbocycles. The van der Waals surface area contributed by atoms with Gasteiger partial charge in [-0.05, 0) is 31.0 Å². The maximum absolute atomic E-state index is 12.5. The lowest BCUT2D eigenvalue weighted by molar-refractivity contribution is -0.385. The van der Waals surface area contributed by atoms with Crippen molar-refractivity contribution in [3.8, 4) is 0 Å². The van der Waals surface area contributed by atoms with Crippen molar-refractivity contribution in [1.82, 2.24) is 10.3 Å². The number of sulfonamides is 1.